The van der Waals surface area contributed by atoms with Crippen LogP contribution in [0, 0.1) is 5.41 Å². The number of hydrogen-bond donors (Lipinski definition) is 3. The Hall–Kier alpha value is -1.93. The van der Waals surface area contributed by atoms with E-state index in [1.165, 1.54) is 4.90 Å². The van der Waals surface area contributed by atoms with Crippen LogP contribution in [0.15, 0.2) is 23.3 Å². The molecule has 122 valence electrons. The number of aromatic nitrogens is 1. The Labute approximate surface area is 141 Å². The van der Waals surface area contributed by atoms with E-state index in [0.29, 0.717) is 29.0 Å². The first-order chi connectivity index (χ1) is 10.9. The quantitative estimate of drug-likeness (QED) is 0.691. The third-order valence-corrected chi connectivity index (χ3v) is 5.14. The molecule has 1 aromatic rings. The number of anilines is 1. The van der Waals surface area contributed by atoms with Crippen molar-refractivity contribution in [2.45, 2.75) is 24.9 Å². The number of nitrogens with two attached hydrogens (primary N) is 1. The van der Waals surface area contributed by atoms with Gasteiger partial charge in [-0.15, -0.1) is 0 Å². The van der Waals surface area contributed by atoms with Crippen LogP contribution in [0.3, 0.4) is 0 Å². The highest BCUT2D eigenvalue weighted by molar-refractivity contribution is 9.10. The van der Waals surface area contributed by atoms with Gasteiger partial charge in [0, 0.05) is 23.6 Å². The van der Waals surface area contributed by atoms with Gasteiger partial charge < -0.3 is 16.2 Å². The van der Waals surface area contributed by atoms with Gasteiger partial charge in [-0.05, 0) is 40.9 Å². The third kappa shape index (κ3) is 2.61. The van der Waals surface area contributed by atoms with Crippen LogP contribution in [0.25, 0.3) is 6.08 Å². The molecular formula is C15H17BrN4O3. The van der Waals surface area contributed by atoms with Crippen molar-refractivity contribution < 1.29 is 14.7 Å². The summed E-state index contributed by atoms with van der Waals surface area (Å²) in [4.78, 5) is 29.5. The van der Waals surface area contributed by atoms with Gasteiger partial charge in [0.15, 0.2) is 0 Å². The molecule has 1 aliphatic carbocycles. The first kappa shape index (κ1) is 15.9. The van der Waals surface area contributed by atoms with E-state index in [-0.39, 0.29) is 17.4 Å². The Morgan fingerprint density at radius 2 is 2.30 bits per heavy atom. The summed E-state index contributed by atoms with van der Waals surface area (Å²) in [7, 11) is 0. The minimum atomic E-state index is -1.09. The number of likely N-dealkylation sites (tertiary alicyclic amines) is 1. The van der Waals surface area contributed by atoms with Crippen molar-refractivity contribution in [1.29, 1.82) is 0 Å². The van der Waals surface area contributed by atoms with Crippen LogP contribution in [-0.4, -0.2) is 45.6 Å². The monoisotopic (exact) mass is 380 g/mol. The Balaban J connectivity index is 1.82. The maximum atomic E-state index is 12.6. The summed E-state index contributed by atoms with van der Waals surface area (Å²) in [6.45, 7) is 4.07. The fourth-order valence-electron chi connectivity index (χ4n) is 3.34. The van der Waals surface area contributed by atoms with E-state index < -0.39 is 12.1 Å². The number of hydrogen-bond acceptors (Lipinski definition) is 4. The van der Waals surface area contributed by atoms with Gasteiger partial charge in [0.1, 0.15) is 16.5 Å². The molecule has 1 saturated carbocycles. The van der Waals surface area contributed by atoms with Gasteiger partial charge in [-0.25, -0.2) is 9.78 Å². The Morgan fingerprint density at radius 1 is 1.57 bits per heavy atom. The van der Waals surface area contributed by atoms with E-state index in [0.717, 1.165) is 6.42 Å². The maximum Gasteiger partial charge on any atom is 0.408 e. The Bertz CT molecular complexity index is 695. The van der Waals surface area contributed by atoms with Gasteiger partial charge in [-0.2, -0.15) is 0 Å². The van der Waals surface area contributed by atoms with E-state index in [2.05, 4.69) is 32.8 Å². The molecule has 2 amide bonds. The Morgan fingerprint density at radius 3 is 2.91 bits per heavy atom. The van der Waals surface area contributed by atoms with Crippen molar-refractivity contribution >= 4 is 39.8 Å². The fraction of sp³-hybridized carbons (Fsp3) is 0.400. The Kier molecular flexibility index (Phi) is 3.89. The molecule has 1 saturated heterocycles. The molecule has 0 radical (unpaired) electrons. The van der Waals surface area contributed by atoms with E-state index in [1.54, 1.807) is 18.2 Å². The molecule has 3 atom stereocenters. The fourth-order valence-corrected chi connectivity index (χ4v) is 3.65. The summed E-state index contributed by atoms with van der Waals surface area (Å²) in [6, 6.07) is 2.61. The van der Waals surface area contributed by atoms with Crippen LogP contribution in [0.2, 0.25) is 0 Å². The number of nitrogens with zero attached hydrogens (tertiary/aromatic N) is 2. The predicted octanol–water partition coefficient (Wildman–Crippen LogP) is 1.90. The molecule has 3 rings (SSSR count). The van der Waals surface area contributed by atoms with Gasteiger partial charge in [0.2, 0.25) is 5.91 Å². The second-order valence-electron chi connectivity index (χ2n) is 5.96. The number of piperidine rings is 1. The molecule has 7 nitrogen and oxygen atoms in total. The summed E-state index contributed by atoms with van der Waals surface area (Å²) in [6.07, 6.45) is 1.67. The molecular weight excluding hydrogens is 364 g/mol. The highest BCUT2D eigenvalue weighted by Crippen LogP contribution is 2.58. The van der Waals surface area contributed by atoms with Crippen molar-refractivity contribution in [3.63, 3.8) is 0 Å². The highest BCUT2D eigenvalue weighted by Gasteiger charge is 2.66. The van der Waals surface area contributed by atoms with E-state index in [1.807, 2.05) is 0 Å². The lowest BCUT2D eigenvalue weighted by atomic mass is 9.99. The normalized spacial score (nSPS) is 28.2. The lowest BCUT2D eigenvalue weighted by Crippen LogP contribution is -2.45. The summed E-state index contributed by atoms with van der Waals surface area (Å²) in [5, 5.41) is 12.1. The molecule has 2 heterocycles. The van der Waals surface area contributed by atoms with E-state index >= 15 is 0 Å². The summed E-state index contributed by atoms with van der Waals surface area (Å²) < 4.78 is 0.571. The number of pyridine rings is 1. The molecule has 1 aromatic heterocycles. The van der Waals surface area contributed by atoms with Crippen LogP contribution < -0.4 is 11.1 Å². The van der Waals surface area contributed by atoms with Crippen molar-refractivity contribution in [3.8, 4) is 0 Å². The molecule has 0 unspecified atom stereocenters. The van der Waals surface area contributed by atoms with Crippen molar-refractivity contribution in [2.24, 2.45) is 11.1 Å². The standard InChI is InChI=1S/C15H17BrN4O3/c1-2-8-3-4-11(16)18-12(8)19-13(21)9-5-15(7-17)6-10(15)20(9)14(22)23/h2-4,9-10H,1,5-7,17H2,(H,22,23)(H,18,19,21)/t9-,10+,15-/m0/s1. The van der Waals surface area contributed by atoms with Crippen LogP contribution in [-0.2, 0) is 4.79 Å². The highest BCUT2D eigenvalue weighted by atomic mass is 79.9. The number of rotatable bonds is 4. The van der Waals surface area contributed by atoms with Crippen molar-refractivity contribution in [2.75, 3.05) is 11.9 Å². The molecule has 0 spiro atoms. The van der Waals surface area contributed by atoms with Crippen LogP contribution in [0.5, 0.6) is 0 Å². The van der Waals surface area contributed by atoms with Gasteiger partial charge >= 0.3 is 6.09 Å². The average Bonchev–Trinajstić information content (AvgIpc) is 3.12. The minimum Gasteiger partial charge on any atom is -0.465 e. The number of carboxylic acid groups (broad SMARTS) is 1. The van der Waals surface area contributed by atoms with Gasteiger partial charge in [-0.3, -0.25) is 9.69 Å². The molecule has 0 bridgehead atoms. The summed E-state index contributed by atoms with van der Waals surface area (Å²) in [5.74, 6) is -0.0341. The molecule has 8 heteroatoms. The molecule has 4 N–H and O–H groups in total. The molecule has 23 heavy (non-hydrogen) atoms. The zero-order valence-corrected chi connectivity index (χ0v) is 13.9. The number of amides is 2. The van der Waals surface area contributed by atoms with E-state index in [4.69, 9.17) is 5.73 Å². The number of halogens is 1. The molecule has 1 aliphatic heterocycles. The average molecular weight is 381 g/mol. The summed E-state index contributed by atoms with van der Waals surface area (Å²) in [5.41, 5.74) is 6.19. The maximum absolute atomic E-state index is 12.6. The lowest BCUT2D eigenvalue weighted by Gasteiger charge is -2.24. The lowest BCUT2D eigenvalue weighted by molar-refractivity contribution is -0.120. The van der Waals surface area contributed by atoms with Crippen LogP contribution in [0.1, 0.15) is 18.4 Å². The first-order valence-corrected chi connectivity index (χ1v) is 8.02. The van der Waals surface area contributed by atoms with Crippen LogP contribution in [0.4, 0.5) is 10.6 Å². The van der Waals surface area contributed by atoms with Gasteiger partial charge in [-0.1, -0.05) is 12.7 Å². The predicted molar refractivity (Wildman–Crippen MR) is 88.8 cm³/mol. The van der Waals surface area contributed by atoms with Crippen molar-refractivity contribution in [1.82, 2.24) is 9.88 Å². The zero-order chi connectivity index (χ0) is 16.8. The number of carbonyl (C=O) groups is 2. The largest absolute Gasteiger partial charge is 0.465 e. The van der Waals surface area contributed by atoms with Crippen molar-refractivity contribution in [3.05, 3.63) is 28.9 Å². The first-order valence-electron chi connectivity index (χ1n) is 7.23. The summed E-state index contributed by atoms with van der Waals surface area (Å²) >= 11 is 3.25. The minimum absolute atomic E-state index is 0.157. The van der Waals surface area contributed by atoms with Gasteiger partial charge in [0.05, 0.1) is 0 Å². The van der Waals surface area contributed by atoms with E-state index in [9.17, 15) is 14.7 Å². The second-order valence-corrected chi connectivity index (χ2v) is 6.77. The topological polar surface area (TPSA) is 109 Å². The molecule has 2 fully saturated rings. The SMILES string of the molecule is C=Cc1ccc(Br)nc1NC(=O)[C@@H]1C[C@@]2(CN)C[C@H]2N1C(=O)O. The third-order valence-electron chi connectivity index (χ3n) is 4.70. The second kappa shape index (κ2) is 5.61. The smallest absolute Gasteiger partial charge is 0.408 e. The van der Waals surface area contributed by atoms with Gasteiger partial charge in [0.25, 0.3) is 0 Å². The molecule has 0 aromatic carbocycles. The number of carbonyl (C=O) groups excluding carboxylic acids is 1. The number of fused-ring (bicyclic) bond motifs is 1. The molecule has 2 aliphatic rings. The van der Waals surface area contributed by atoms with Crippen LogP contribution >= 0.6 is 15.9 Å². The zero-order valence-electron chi connectivity index (χ0n) is 12.3. The number of nitrogens with one attached hydrogen (secondary N) is 1.